The van der Waals surface area contributed by atoms with Crippen LogP contribution >= 0.6 is 23.2 Å². The smallest absolute Gasteiger partial charge is 0.310 e. The lowest BCUT2D eigenvalue weighted by Crippen LogP contribution is -2.30. The predicted molar refractivity (Wildman–Crippen MR) is 70.7 cm³/mol. The number of ether oxygens (including phenoxy) is 1. The molecular formula is C12H15Cl2NO2. The molecular weight excluding hydrogens is 261 g/mol. The van der Waals surface area contributed by atoms with Gasteiger partial charge in [-0.1, -0.05) is 29.3 Å². The number of nitrogens with one attached hydrogen (secondary N) is 1. The third-order valence-corrected chi connectivity index (χ3v) is 3.29. The minimum atomic E-state index is -0.285. The van der Waals surface area contributed by atoms with Crippen LogP contribution in [0.3, 0.4) is 0 Å². The van der Waals surface area contributed by atoms with Crippen LogP contribution in [0.4, 0.5) is 5.69 Å². The number of carbonyl (C=O) groups excluding carboxylic acids is 1. The van der Waals surface area contributed by atoms with E-state index in [-0.39, 0.29) is 17.9 Å². The number of carbonyl (C=O) groups is 1. The molecule has 1 N–H and O–H groups in total. The molecule has 0 aliphatic carbocycles. The summed E-state index contributed by atoms with van der Waals surface area (Å²) in [4.78, 5) is 11.4. The van der Waals surface area contributed by atoms with Crippen LogP contribution in [-0.2, 0) is 9.53 Å². The van der Waals surface area contributed by atoms with Crippen molar-refractivity contribution in [2.24, 2.45) is 5.92 Å². The van der Waals surface area contributed by atoms with Gasteiger partial charge >= 0.3 is 5.97 Å². The fourth-order valence-electron chi connectivity index (χ4n) is 1.38. The van der Waals surface area contributed by atoms with Crippen LogP contribution in [0.15, 0.2) is 18.2 Å². The second kappa shape index (κ2) is 6.12. The third-order valence-electron chi connectivity index (χ3n) is 2.66. The molecule has 0 bridgehead atoms. The summed E-state index contributed by atoms with van der Waals surface area (Å²) >= 11 is 12.1. The molecule has 0 heterocycles. The summed E-state index contributed by atoms with van der Waals surface area (Å²) in [7, 11) is 1.37. The highest BCUT2D eigenvalue weighted by Gasteiger charge is 2.21. The second-order valence-electron chi connectivity index (χ2n) is 3.84. The lowest BCUT2D eigenvalue weighted by Gasteiger charge is -2.21. The highest BCUT2D eigenvalue weighted by atomic mass is 35.5. The molecule has 5 heteroatoms. The van der Waals surface area contributed by atoms with Gasteiger partial charge in [-0.2, -0.15) is 0 Å². The number of para-hydroxylation sites is 1. The van der Waals surface area contributed by atoms with E-state index in [1.54, 1.807) is 25.1 Å². The van der Waals surface area contributed by atoms with Crippen molar-refractivity contribution in [1.82, 2.24) is 0 Å². The first-order valence-corrected chi connectivity index (χ1v) is 6.01. The van der Waals surface area contributed by atoms with Crippen molar-refractivity contribution < 1.29 is 9.53 Å². The Labute approximate surface area is 111 Å². The molecule has 17 heavy (non-hydrogen) atoms. The number of anilines is 1. The molecule has 0 aliphatic heterocycles. The maximum atomic E-state index is 11.4. The van der Waals surface area contributed by atoms with Crippen molar-refractivity contribution in [3.8, 4) is 0 Å². The van der Waals surface area contributed by atoms with Crippen molar-refractivity contribution in [2.75, 3.05) is 12.4 Å². The molecule has 0 aliphatic rings. The molecule has 0 spiro atoms. The molecule has 2 atom stereocenters. The lowest BCUT2D eigenvalue weighted by atomic mass is 10.0. The Morgan fingerprint density at radius 3 is 2.29 bits per heavy atom. The van der Waals surface area contributed by atoms with E-state index in [0.717, 1.165) is 0 Å². The van der Waals surface area contributed by atoms with Crippen LogP contribution in [0.25, 0.3) is 0 Å². The fourth-order valence-corrected chi connectivity index (χ4v) is 1.88. The number of hydrogen-bond acceptors (Lipinski definition) is 3. The minimum absolute atomic E-state index is 0.125. The summed E-state index contributed by atoms with van der Waals surface area (Å²) in [5, 5.41) is 4.19. The molecule has 0 radical (unpaired) electrons. The minimum Gasteiger partial charge on any atom is -0.469 e. The number of esters is 1. The van der Waals surface area contributed by atoms with E-state index < -0.39 is 0 Å². The molecule has 94 valence electrons. The molecule has 1 aromatic rings. The van der Waals surface area contributed by atoms with Crippen LogP contribution < -0.4 is 5.32 Å². The van der Waals surface area contributed by atoms with Crippen LogP contribution in [0.5, 0.6) is 0 Å². The van der Waals surface area contributed by atoms with E-state index in [4.69, 9.17) is 23.2 Å². The predicted octanol–water partition coefficient (Wildman–Crippen LogP) is 3.60. The molecule has 0 saturated carbocycles. The summed E-state index contributed by atoms with van der Waals surface area (Å²) in [5.74, 6) is -0.555. The van der Waals surface area contributed by atoms with Gasteiger partial charge in [0.15, 0.2) is 0 Å². The van der Waals surface area contributed by atoms with Gasteiger partial charge in [0.2, 0.25) is 0 Å². The molecule has 1 rings (SSSR count). The van der Waals surface area contributed by atoms with Crippen LogP contribution in [0, 0.1) is 5.92 Å². The SMILES string of the molecule is COC(=O)C(C)C(C)Nc1c(Cl)cccc1Cl. The van der Waals surface area contributed by atoms with Crippen LogP contribution in [0.1, 0.15) is 13.8 Å². The first-order valence-electron chi connectivity index (χ1n) is 5.25. The Hall–Kier alpha value is -0.930. The summed E-state index contributed by atoms with van der Waals surface area (Å²) in [5.41, 5.74) is 0.638. The second-order valence-corrected chi connectivity index (χ2v) is 4.66. The third kappa shape index (κ3) is 3.51. The van der Waals surface area contributed by atoms with Gasteiger partial charge in [0.1, 0.15) is 0 Å². The standard InChI is InChI=1S/C12H15Cl2NO2/c1-7(12(16)17-3)8(2)15-11-9(13)5-4-6-10(11)14/h4-8,15H,1-3H3. The zero-order valence-corrected chi connectivity index (χ0v) is 11.5. The van der Waals surface area contributed by atoms with E-state index >= 15 is 0 Å². The molecule has 0 amide bonds. The zero-order chi connectivity index (χ0) is 13.0. The maximum Gasteiger partial charge on any atom is 0.310 e. The average Bonchev–Trinajstić information content (AvgIpc) is 2.31. The largest absolute Gasteiger partial charge is 0.469 e. The van der Waals surface area contributed by atoms with Crippen LogP contribution in [-0.4, -0.2) is 19.1 Å². The van der Waals surface area contributed by atoms with Gasteiger partial charge in [0.25, 0.3) is 0 Å². The Balaban J connectivity index is 2.81. The number of rotatable bonds is 4. The number of benzene rings is 1. The van der Waals surface area contributed by atoms with Gasteiger partial charge in [-0.3, -0.25) is 4.79 Å². The van der Waals surface area contributed by atoms with Gasteiger partial charge < -0.3 is 10.1 Å². The summed E-state index contributed by atoms with van der Waals surface area (Å²) in [6.45, 7) is 3.66. The normalized spacial score (nSPS) is 13.9. The highest BCUT2D eigenvalue weighted by molar-refractivity contribution is 6.39. The zero-order valence-electron chi connectivity index (χ0n) is 9.96. The van der Waals surface area contributed by atoms with Gasteiger partial charge in [-0.15, -0.1) is 0 Å². The Morgan fingerprint density at radius 1 is 1.29 bits per heavy atom. The van der Waals surface area contributed by atoms with E-state index in [9.17, 15) is 4.79 Å². The monoisotopic (exact) mass is 275 g/mol. The summed E-state index contributed by atoms with van der Waals surface area (Å²) in [6.07, 6.45) is 0. The lowest BCUT2D eigenvalue weighted by molar-refractivity contribution is -0.145. The van der Waals surface area contributed by atoms with Gasteiger partial charge in [0, 0.05) is 6.04 Å². The van der Waals surface area contributed by atoms with Gasteiger partial charge in [0.05, 0.1) is 28.8 Å². The van der Waals surface area contributed by atoms with Gasteiger partial charge in [-0.05, 0) is 26.0 Å². The first-order chi connectivity index (χ1) is 7.97. The van der Waals surface area contributed by atoms with Crippen LogP contribution in [0.2, 0.25) is 10.0 Å². The number of hydrogen-bond donors (Lipinski definition) is 1. The van der Waals surface area contributed by atoms with Crippen molar-refractivity contribution >= 4 is 34.9 Å². The average molecular weight is 276 g/mol. The van der Waals surface area contributed by atoms with Crippen molar-refractivity contribution in [3.63, 3.8) is 0 Å². The highest BCUT2D eigenvalue weighted by Crippen LogP contribution is 2.31. The molecule has 0 aromatic heterocycles. The Kier molecular flexibility index (Phi) is 5.09. The van der Waals surface area contributed by atoms with Crippen molar-refractivity contribution in [2.45, 2.75) is 19.9 Å². The quantitative estimate of drug-likeness (QED) is 0.854. The summed E-state index contributed by atoms with van der Waals surface area (Å²) < 4.78 is 4.69. The number of halogens is 2. The molecule has 2 unspecified atom stereocenters. The Bertz CT molecular complexity index is 389. The van der Waals surface area contributed by atoms with Crippen molar-refractivity contribution in [3.05, 3.63) is 28.2 Å². The summed E-state index contributed by atoms with van der Waals surface area (Å²) in [6, 6.07) is 5.13. The molecule has 1 aromatic carbocycles. The topological polar surface area (TPSA) is 38.3 Å². The number of methoxy groups -OCH3 is 1. The van der Waals surface area contributed by atoms with Gasteiger partial charge in [-0.25, -0.2) is 0 Å². The molecule has 3 nitrogen and oxygen atoms in total. The van der Waals surface area contributed by atoms with E-state index in [1.165, 1.54) is 7.11 Å². The maximum absolute atomic E-state index is 11.4. The fraction of sp³-hybridized carbons (Fsp3) is 0.417. The van der Waals surface area contributed by atoms with Crippen molar-refractivity contribution in [1.29, 1.82) is 0 Å². The molecule has 0 fully saturated rings. The van der Waals surface area contributed by atoms with E-state index in [1.807, 2.05) is 6.92 Å². The van der Waals surface area contributed by atoms with E-state index in [2.05, 4.69) is 10.1 Å². The Morgan fingerprint density at radius 2 is 1.82 bits per heavy atom. The van der Waals surface area contributed by atoms with E-state index in [0.29, 0.717) is 15.7 Å². The molecule has 0 saturated heterocycles. The first kappa shape index (κ1) is 14.1.